The van der Waals surface area contributed by atoms with Gasteiger partial charge in [-0.25, -0.2) is 17.4 Å². The summed E-state index contributed by atoms with van der Waals surface area (Å²) in [4.78, 5) is 21.9. The van der Waals surface area contributed by atoms with Crippen LogP contribution in [0, 0.1) is 0 Å². The highest BCUT2D eigenvalue weighted by molar-refractivity contribution is 7.90. The maximum Gasteiger partial charge on any atom is 0.303 e. The van der Waals surface area contributed by atoms with E-state index in [-0.39, 0.29) is 17.7 Å². The number of benzene rings is 1. The molecule has 0 spiro atoms. The molecular formula is C25H24N4O5S. The number of carbonyl (C=O) groups is 1. The third-order valence-corrected chi connectivity index (χ3v) is 7.73. The van der Waals surface area contributed by atoms with Gasteiger partial charge in [0.15, 0.2) is 0 Å². The number of morpholine rings is 1. The number of carboxylic acid groups (broad SMARTS) is 1. The molecule has 0 radical (unpaired) electrons. The third kappa shape index (κ3) is 4.62. The van der Waals surface area contributed by atoms with E-state index in [2.05, 4.69) is 14.9 Å². The predicted molar refractivity (Wildman–Crippen MR) is 131 cm³/mol. The number of nitrogens with zero attached hydrogens (tertiary/aromatic N) is 4. The molecule has 1 aliphatic rings. The maximum atomic E-state index is 13.6. The van der Waals surface area contributed by atoms with Crippen molar-refractivity contribution in [1.82, 2.24) is 13.9 Å². The topological polar surface area (TPSA) is 115 Å². The first kappa shape index (κ1) is 23.0. The summed E-state index contributed by atoms with van der Waals surface area (Å²) in [6, 6.07) is 12.5. The second kappa shape index (κ2) is 9.47. The Hall–Kier alpha value is -3.76. The van der Waals surface area contributed by atoms with Crippen molar-refractivity contribution in [3.8, 4) is 11.1 Å². The SMILES string of the molecule is O=C(O)CCc1cn(S(=O)(=O)c2ccc(N3CCOCC3)nc2)c2ccc(-c3cccnc3)cc12. The van der Waals surface area contributed by atoms with Gasteiger partial charge in [0.2, 0.25) is 0 Å². The molecule has 10 heteroatoms. The van der Waals surface area contributed by atoms with Crippen LogP contribution >= 0.6 is 0 Å². The molecule has 3 aromatic heterocycles. The molecular weight excluding hydrogens is 468 g/mol. The largest absolute Gasteiger partial charge is 0.481 e. The lowest BCUT2D eigenvalue weighted by molar-refractivity contribution is -0.136. The van der Waals surface area contributed by atoms with Crippen LogP contribution in [-0.4, -0.2) is 59.7 Å². The van der Waals surface area contributed by atoms with Gasteiger partial charge in [-0.1, -0.05) is 12.1 Å². The van der Waals surface area contributed by atoms with Crippen molar-refractivity contribution in [2.24, 2.45) is 0 Å². The number of pyridine rings is 2. The fraction of sp³-hybridized carbons (Fsp3) is 0.240. The molecule has 0 saturated carbocycles. The van der Waals surface area contributed by atoms with Crippen LogP contribution in [0.4, 0.5) is 5.82 Å². The maximum absolute atomic E-state index is 13.6. The summed E-state index contributed by atoms with van der Waals surface area (Å²) in [7, 11) is -3.96. The average molecular weight is 493 g/mol. The van der Waals surface area contributed by atoms with Gasteiger partial charge in [0.05, 0.1) is 18.7 Å². The van der Waals surface area contributed by atoms with Gasteiger partial charge in [-0.05, 0) is 47.9 Å². The molecule has 1 aromatic carbocycles. The van der Waals surface area contributed by atoms with E-state index in [1.165, 1.54) is 16.4 Å². The lowest BCUT2D eigenvalue weighted by Crippen LogP contribution is -2.36. The number of aryl methyl sites for hydroxylation is 1. The van der Waals surface area contributed by atoms with E-state index in [4.69, 9.17) is 4.74 Å². The van der Waals surface area contributed by atoms with Gasteiger partial charge in [0.1, 0.15) is 10.7 Å². The Bertz CT molecular complexity index is 1460. The Morgan fingerprint density at radius 2 is 1.89 bits per heavy atom. The van der Waals surface area contributed by atoms with Gasteiger partial charge in [0.25, 0.3) is 10.0 Å². The first-order valence-electron chi connectivity index (χ1n) is 11.2. The van der Waals surface area contributed by atoms with Crippen molar-refractivity contribution in [2.75, 3.05) is 31.2 Å². The first-order chi connectivity index (χ1) is 16.9. The van der Waals surface area contributed by atoms with E-state index < -0.39 is 16.0 Å². The molecule has 0 atom stereocenters. The number of rotatable bonds is 7. The molecule has 35 heavy (non-hydrogen) atoms. The van der Waals surface area contributed by atoms with E-state index in [1.54, 1.807) is 30.6 Å². The molecule has 0 aliphatic carbocycles. The molecule has 4 heterocycles. The second-order valence-corrected chi connectivity index (χ2v) is 10.1. The van der Waals surface area contributed by atoms with E-state index in [0.29, 0.717) is 48.6 Å². The van der Waals surface area contributed by atoms with Crippen LogP contribution < -0.4 is 4.90 Å². The summed E-state index contributed by atoms with van der Waals surface area (Å²) in [6.07, 6.45) is 6.40. The molecule has 0 unspecified atom stereocenters. The lowest BCUT2D eigenvalue weighted by atomic mass is 10.0. The van der Waals surface area contributed by atoms with E-state index in [1.807, 2.05) is 24.3 Å². The quantitative estimate of drug-likeness (QED) is 0.418. The Balaban J connectivity index is 1.56. The number of hydrogen-bond acceptors (Lipinski definition) is 7. The van der Waals surface area contributed by atoms with Crippen molar-refractivity contribution in [3.63, 3.8) is 0 Å². The van der Waals surface area contributed by atoms with Gasteiger partial charge >= 0.3 is 5.97 Å². The number of anilines is 1. The lowest BCUT2D eigenvalue weighted by Gasteiger charge is -2.27. The van der Waals surface area contributed by atoms with Crippen LogP contribution in [0.25, 0.3) is 22.0 Å². The summed E-state index contributed by atoms with van der Waals surface area (Å²) >= 11 is 0. The van der Waals surface area contributed by atoms with Crippen molar-refractivity contribution >= 4 is 32.7 Å². The molecule has 1 saturated heterocycles. The molecule has 1 N–H and O–H groups in total. The zero-order valence-corrected chi connectivity index (χ0v) is 19.7. The van der Waals surface area contributed by atoms with Gasteiger partial charge in [0, 0.05) is 55.2 Å². The Morgan fingerprint density at radius 3 is 2.57 bits per heavy atom. The highest BCUT2D eigenvalue weighted by Crippen LogP contribution is 2.31. The molecule has 1 fully saturated rings. The minimum Gasteiger partial charge on any atom is -0.481 e. The number of fused-ring (bicyclic) bond motifs is 1. The molecule has 0 bridgehead atoms. The van der Waals surface area contributed by atoms with E-state index in [9.17, 15) is 18.3 Å². The number of carboxylic acids is 1. The Kier molecular flexibility index (Phi) is 6.23. The third-order valence-electron chi connectivity index (χ3n) is 6.07. The molecule has 1 aliphatic heterocycles. The number of aromatic nitrogens is 3. The monoisotopic (exact) mass is 492 g/mol. The fourth-order valence-corrected chi connectivity index (χ4v) is 5.57. The smallest absolute Gasteiger partial charge is 0.303 e. The Labute approximate surface area is 202 Å². The predicted octanol–water partition coefficient (Wildman–Crippen LogP) is 3.19. The van der Waals surface area contributed by atoms with Crippen molar-refractivity contribution < 1.29 is 23.1 Å². The highest BCUT2D eigenvalue weighted by Gasteiger charge is 2.23. The van der Waals surface area contributed by atoms with E-state index in [0.717, 1.165) is 11.1 Å². The van der Waals surface area contributed by atoms with E-state index >= 15 is 0 Å². The molecule has 0 amide bonds. The zero-order valence-electron chi connectivity index (χ0n) is 18.9. The average Bonchev–Trinajstić information content (AvgIpc) is 3.27. The van der Waals surface area contributed by atoms with Crippen LogP contribution in [0.15, 0.2) is 72.1 Å². The summed E-state index contributed by atoms with van der Waals surface area (Å²) in [5, 5.41) is 9.89. The number of hydrogen-bond donors (Lipinski definition) is 1. The van der Waals surface area contributed by atoms with Gasteiger partial charge in [-0.15, -0.1) is 0 Å². The van der Waals surface area contributed by atoms with Gasteiger partial charge < -0.3 is 14.7 Å². The van der Waals surface area contributed by atoms with Crippen molar-refractivity contribution in [1.29, 1.82) is 0 Å². The second-order valence-electron chi connectivity index (χ2n) is 8.27. The summed E-state index contributed by atoms with van der Waals surface area (Å²) in [6.45, 7) is 2.62. The normalized spacial score (nSPS) is 14.3. The van der Waals surface area contributed by atoms with Crippen molar-refractivity contribution in [2.45, 2.75) is 17.7 Å². The number of aliphatic carboxylic acids is 1. The van der Waals surface area contributed by atoms with Gasteiger partial charge in [-0.2, -0.15) is 0 Å². The fourth-order valence-electron chi connectivity index (χ4n) is 4.24. The zero-order chi connectivity index (χ0) is 24.4. The van der Waals surface area contributed by atoms with Gasteiger partial charge in [-0.3, -0.25) is 9.78 Å². The van der Waals surface area contributed by atoms with Crippen LogP contribution in [0.2, 0.25) is 0 Å². The molecule has 180 valence electrons. The summed E-state index contributed by atoms with van der Waals surface area (Å²) in [5.41, 5.74) is 2.89. The molecule has 5 rings (SSSR count). The molecule has 4 aromatic rings. The summed E-state index contributed by atoms with van der Waals surface area (Å²) in [5.74, 6) is -0.243. The first-order valence-corrected chi connectivity index (χ1v) is 12.7. The Morgan fingerprint density at radius 1 is 1.06 bits per heavy atom. The van der Waals surface area contributed by atoms with Crippen molar-refractivity contribution in [3.05, 3.63) is 72.8 Å². The van der Waals surface area contributed by atoms with Crippen LogP contribution in [0.3, 0.4) is 0 Å². The standard InChI is InChI=1S/C25H24N4O5S/c30-25(31)8-4-20-17-29(23-6-3-18(14-22(20)23)19-2-1-9-26-15-19)35(32,33)21-5-7-24(27-16-21)28-10-12-34-13-11-28/h1-3,5-7,9,14-17H,4,8,10-13H2,(H,30,31). The highest BCUT2D eigenvalue weighted by atomic mass is 32.2. The van der Waals surface area contributed by atoms with Crippen LogP contribution in [0.5, 0.6) is 0 Å². The molecule has 9 nitrogen and oxygen atoms in total. The van der Waals surface area contributed by atoms with Crippen LogP contribution in [-0.2, 0) is 26.0 Å². The minimum absolute atomic E-state index is 0.0625. The van der Waals surface area contributed by atoms with Crippen LogP contribution in [0.1, 0.15) is 12.0 Å². The number of ether oxygens (including phenoxy) is 1. The summed E-state index contributed by atoms with van der Waals surface area (Å²) < 4.78 is 33.8. The minimum atomic E-state index is -3.96.